The summed E-state index contributed by atoms with van der Waals surface area (Å²) in [5, 5.41) is 2.83. The van der Waals surface area contributed by atoms with Gasteiger partial charge in [0.25, 0.3) is 0 Å². The second kappa shape index (κ2) is 8.66. The Morgan fingerprint density at radius 1 is 1.37 bits per heavy atom. The summed E-state index contributed by atoms with van der Waals surface area (Å²) < 4.78 is 4.94. The predicted octanol–water partition coefficient (Wildman–Crippen LogP) is 1.99. The zero-order valence-corrected chi connectivity index (χ0v) is 11.7. The van der Waals surface area contributed by atoms with E-state index < -0.39 is 0 Å². The van der Waals surface area contributed by atoms with E-state index in [2.05, 4.69) is 15.3 Å². The molecule has 0 unspecified atom stereocenters. The molecule has 1 aromatic heterocycles. The smallest absolute Gasteiger partial charge is 0.234 e. The number of carbonyl (C=O) groups excluding carboxylic acids is 1. The molecule has 7 heteroatoms. The Morgan fingerprint density at radius 3 is 2.79 bits per heavy atom. The van der Waals surface area contributed by atoms with Crippen molar-refractivity contribution in [2.24, 2.45) is 5.73 Å². The Balaban J connectivity index is 2.37. The lowest BCUT2D eigenvalue weighted by atomic mass is 10.1. The zero-order valence-electron chi connectivity index (χ0n) is 11.0. The largest absolute Gasteiger partial charge is 0.481 e. The molecule has 3 N–H and O–H groups in total. The van der Waals surface area contributed by atoms with Crippen molar-refractivity contribution < 1.29 is 9.53 Å². The van der Waals surface area contributed by atoms with Gasteiger partial charge in [-0.25, -0.2) is 4.98 Å². The third-order valence-electron chi connectivity index (χ3n) is 2.49. The summed E-state index contributed by atoms with van der Waals surface area (Å²) in [7, 11) is 1.47. The topological polar surface area (TPSA) is 90.1 Å². The summed E-state index contributed by atoms with van der Waals surface area (Å²) in [5.41, 5.74) is 5.39. The van der Waals surface area contributed by atoms with Gasteiger partial charge in [-0.1, -0.05) is 24.4 Å². The van der Waals surface area contributed by atoms with Crippen molar-refractivity contribution in [2.75, 3.05) is 19.0 Å². The van der Waals surface area contributed by atoms with E-state index in [0.717, 1.165) is 25.7 Å². The first-order chi connectivity index (χ1) is 9.15. The van der Waals surface area contributed by atoms with Gasteiger partial charge in [0, 0.05) is 12.5 Å². The minimum atomic E-state index is -0.128. The molecule has 0 atom stereocenters. The number of carbonyl (C=O) groups is 1. The molecule has 0 fully saturated rings. The van der Waals surface area contributed by atoms with Gasteiger partial charge in [0.2, 0.25) is 17.7 Å². The highest BCUT2D eigenvalue weighted by molar-refractivity contribution is 6.29. The van der Waals surface area contributed by atoms with Crippen molar-refractivity contribution >= 4 is 23.5 Å². The van der Waals surface area contributed by atoms with E-state index in [-0.39, 0.29) is 17.0 Å². The standard InChI is InChI=1S/C12H19ClN4O2/c1-19-11-8-9(13)15-12(17-11)16-10(18)6-4-2-3-5-7-14/h8H,2-7,14H2,1H3,(H,15,16,17,18). The fraction of sp³-hybridized carbons (Fsp3) is 0.583. The van der Waals surface area contributed by atoms with Gasteiger partial charge in [0.05, 0.1) is 7.11 Å². The van der Waals surface area contributed by atoms with Crippen LogP contribution in [0.1, 0.15) is 32.1 Å². The van der Waals surface area contributed by atoms with Crippen LogP contribution in [-0.2, 0) is 4.79 Å². The minimum Gasteiger partial charge on any atom is -0.481 e. The number of amides is 1. The molecule has 0 aliphatic carbocycles. The molecule has 1 heterocycles. The molecule has 106 valence electrons. The number of anilines is 1. The number of halogens is 1. The van der Waals surface area contributed by atoms with Gasteiger partial charge in [-0.2, -0.15) is 4.98 Å². The normalized spacial score (nSPS) is 10.3. The van der Waals surface area contributed by atoms with Crippen LogP contribution in [0.4, 0.5) is 5.95 Å². The molecule has 6 nitrogen and oxygen atoms in total. The molecule has 0 radical (unpaired) electrons. The zero-order chi connectivity index (χ0) is 14.1. The van der Waals surface area contributed by atoms with E-state index in [1.165, 1.54) is 13.2 Å². The molecule has 1 rings (SSSR count). The number of methoxy groups -OCH3 is 1. The van der Waals surface area contributed by atoms with Crippen molar-refractivity contribution in [3.05, 3.63) is 11.2 Å². The van der Waals surface area contributed by atoms with Gasteiger partial charge >= 0.3 is 0 Å². The van der Waals surface area contributed by atoms with Gasteiger partial charge in [-0.3, -0.25) is 10.1 Å². The van der Waals surface area contributed by atoms with Gasteiger partial charge in [0.15, 0.2) is 0 Å². The minimum absolute atomic E-state index is 0.128. The second-order valence-corrected chi connectivity index (χ2v) is 4.44. The maximum Gasteiger partial charge on any atom is 0.234 e. The Bertz CT molecular complexity index is 415. The molecule has 0 bridgehead atoms. The van der Waals surface area contributed by atoms with E-state index in [4.69, 9.17) is 22.1 Å². The van der Waals surface area contributed by atoms with E-state index >= 15 is 0 Å². The third-order valence-corrected chi connectivity index (χ3v) is 2.68. The van der Waals surface area contributed by atoms with E-state index in [0.29, 0.717) is 18.8 Å². The molecular formula is C12H19ClN4O2. The molecule has 0 aliphatic rings. The molecule has 1 aromatic rings. The van der Waals surface area contributed by atoms with Crippen LogP contribution in [0.2, 0.25) is 5.15 Å². The number of hydrogen-bond acceptors (Lipinski definition) is 5. The summed E-state index contributed by atoms with van der Waals surface area (Å²) in [5.74, 6) is 0.353. The number of hydrogen-bond donors (Lipinski definition) is 2. The van der Waals surface area contributed by atoms with Crippen LogP contribution in [0.3, 0.4) is 0 Å². The molecule has 1 amide bonds. The molecule has 0 aromatic carbocycles. The Labute approximate surface area is 117 Å². The lowest BCUT2D eigenvalue weighted by Crippen LogP contribution is -2.14. The average Bonchev–Trinajstić information content (AvgIpc) is 2.37. The summed E-state index contributed by atoms with van der Waals surface area (Å²) in [6, 6.07) is 1.48. The highest BCUT2D eigenvalue weighted by Gasteiger charge is 2.07. The SMILES string of the molecule is COc1cc(Cl)nc(NC(=O)CCCCCCN)n1. The quantitative estimate of drug-likeness (QED) is 0.563. The number of nitrogens with one attached hydrogen (secondary N) is 1. The molecule has 0 aliphatic heterocycles. The lowest BCUT2D eigenvalue weighted by molar-refractivity contribution is -0.116. The first-order valence-electron chi connectivity index (χ1n) is 6.24. The number of nitrogens with zero attached hydrogens (tertiary/aromatic N) is 2. The predicted molar refractivity (Wildman–Crippen MR) is 74.4 cm³/mol. The van der Waals surface area contributed by atoms with Gasteiger partial charge in [-0.05, 0) is 19.4 Å². The van der Waals surface area contributed by atoms with Crippen molar-refractivity contribution in [2.45, 2.75) is 32.1 Å². The maximum atomic E-state index is 11.7. The number of unbranched alkanes of at least 4 members (excludes halogenated alkanes) is 3. The van der Waals surface area contributed by atoms with Crippen LogP contribution in [-0.4, -0.2) is 29.5 Å². The van der Waals surface area contributed by atoms with Crippen molar-refractivity contribution in [1.82, 2.24) is 9.97 Å². The summed E-state index contributed by atoms with van der Waals surface area (Å²) >= 11 is 5.78. The highest BCUT2D eigenvalue weighted by atomic mass is 35.5. The third kappa shape index (κ3) is 6.35. The van der Waals surface area contributed by atoms with Gasteiger partial charge in [0.1, 0.15) is 5.15 Å². The second-order valence-electron chi connectivity index (χ2n) is 4.06. The fourth-order valence-electron chi connectivity index (χ4n) is 1.53. The maximum absolute atomic E-state index is 11.7. The first-order valence-corrected chi connectivity index (χ1v) is 6.62. The van der Waals surface area contributed by atoms with Crippen molar-refractivity contribution in [3.8, 4) is 5.88 Å². The Hall–Kier alpha value is -1.40. The van der Waals surface area contributed by atoms with E-state index in [1.54, 1.807) is 0 Å². The van der Waals surface area contributed by atoms with Crippen LogP contribution >= 0.6 is 11.6 Å². The number of rotatable bonds is 8. The van der Waals surface area contributed by atoms with Gasteiger partial charge in [-0.15, -0.1) is 0 Å². The van der Waals surface area contributed by atoms with Crippen LogP contribution in [0, 0.1) is 0 Å². The molecule has 0 spiro atoms. The summed E-state index contributed by atoms with van der Waals surface area (Å²) in [6.07, 6.45) is 4.29. The van der Waals surface area contributed by atoms with E-state index in [1.807, 2.05) is 0 Å². The van der Waals surface area contributed by atoms with Crippen molar-refractivity contribution in [1.29, 1.82) is 0 Å². The Kier molecular flexibility index (Phi) is 7.14. The highest BCUT2D eigenvalue weighted by Crippen LogP contribution is 2.16. The van der Waals surface area contributed by atoms with Gasteiger partial charge < -0.3 is 10.5 Å². The molecule has 19 heavy (non-hydrogen) atoms. The van der Waals surface area contributed by atoms with Crippen molar-refractivity contribution in [3.63, 3.8) is 0 Å². The van der Waals surface area contributed by atoms with Crippen LogP contribution in [0.5, 0.6) is 5.88 Å². The monoisotopic (exact) mass is 286 g/mol. The lowest BCUT2D eigenvalue weighted by Gasteiger charge is -2.05. The van der Waals surface area contributed by atoms with Crippen LogP contribution in [0.25, 0.3) is 0 Å². The van der Waals surface area contributed by atoms with Crippen LogP contribution < -0.4 is 15.8 Å². The first kappa shape index (κ1) is 15.7. The Morgan fingerprint density at radius 2 is 2.11 bits per heavy atom. The molecular weight excluding hydrogens is 268 g/mol. The number of ether oxygens (including phenoxy) is 1. The number of aromatic nitrogens is 2. The molecule has 0 saturated carbocycles. The summed E-state index contributed by atoms with van der Waals surface area (Å²) in [6.45, 7) is 0.697. The average molecular weight is 287 g/mol. The van der Waals surface area contributed by atoms with Crippen LogP contribution in [0.15, 0.2) is 6.07 Å². The number of nitrogens with two attached hydrogens (primary N) is 1. The fourth-order valence-corrected chi connectivity index (χ4v) is 1.70. The van der Waals surface area contributed by atoms with E-state index in [9.17, 15) is 4.79 Å². The summed E-state index contributed by atoms with van der Waals surface area (Å²) in [4.78, 5) is 19.5. The molecule has 0 saturated heterocycles.